The van der Waals surface area contributed by atoms with Crippen molar-refractivity contribution in [2.75, 3.05) is 10.6 Å². The maximum absolute atomic E-state index is 12.0. The number of pyridine rings is 1. The molecule has 1 amide bonds. The number of carbonyl (C=O) groups is 2. The molecule has 0 saturated heterocycles. The summed E-state index contributed by atoms with van der Waals surface area (Å²) in [5, 5.41) is 7.26. The smallest absolute Gasteiger partial charge is 0.227 e. The van der Waals surface area contributed by atoms with E-state index in [1.165, 1.54) is 6.92 Å². The van der Waals surface area contributed by atoms with E-state index in [0.717, 1.165) is 40.7 Å². The first-order chi connectivity index (χ1) is 13.0. The number of hydrogen-bond donors (Lipinski definition) is 3. The third kappa shape index (κ3) is 3.84. The molecule has 3 aromatic rings. The van der Waals surface area contributed by atoms with Gasteiger partial charge in [-0.2, -0.15) is 0 Å². The van der Waals surface area contributed by atoms with Crippen LogP contribution in [0.15, 0.2) is 36.5 Å². The third-order valence-electron chi connectivity index (χ3n) is 4.90. The molecule has 0 aliphatic heterocycles. The Morgan fingerprint density at radius 1 is 1.19 bits per heavy atom. The molecule has 4 rings (SSSR count). The molecule has 3 N–H and O–H groups in total. The SMILES string of the molecule is CC(=O)c1cc2cc(NCc3cc(NC(=O)C4CC4)ccc3C)cnc2[nH]1. The van der Waals surface area contributed by atoms with Gasteiger partial charge in [-0.25, -0.2) is 4.98 Å². The van der Waals surface area contributed by atoms with E-state index in [-0.39, 0.29) is 17.6 Å². The maximum Gasteiger partial charge on any atom is 0.227 e. The molecule has 27 heavy (non-hydrogen) atoms. The highest BCUT2D eigenvalue weighted by molar-refractivity contribution is 5.97. The lowest BCUT2D eigenvalue weighted by Gasteiger charge is -2.12. The van der Waals surface area contributed by atoms with Crippen molar-refractivity contribution in [3.63, 3.8) is 0 Å². The molecular weight excluding hydrogens is 340 g/mol. The molecule has 0 spiro atoms. The number of hydrogen-bond acceptors (Lipinski definition) is 4. The van der Waals surface area contributed by atoms with Crippen molar-refractivity contribution >= 4 is 34.1 Å². The standard InChI is InChI=1S/C21H22N4O2/c1-12-3-6-17(24-21(27)14-4-5-14)8-16(12)10-22-18-7-15-9-19(13(2)26)25-20(15)23-11-18/h3,6-9,11,14,22H,4-5,10H2,1-2H3,(H,23,25)(H,24,27). The molecule has 2 heterocycles. The van der Waals surface area contributed by atoms with Gasteiger partial charge in [0.05, 0.1) is 17.6 Å². The van der Waals surface area contributed by atoms with Crippen molar-refractivity contribution in [3.8, 4) is 0 Å². The number of rotatable bonds is 6. The van der Waals surface area contributed by atoms with Gasteiger partial charge >= 0.3 is 0 Å². The van der Waals surface area contributed by atoms with E-state index < -0.39 is 0 Å². The van der Waals surface area contributed by atoms with Crippen LogP contribution >= 0.6 is 0 Å². The van der Waals surface area contributed by atoms with E-state index in [1.54, 1.807) is 6.20 Å². The topological polar surface area (TPSA) is 86.9 Å². The quantitative estimate of drug-likeness (QED) is 0.578. The first-order valence-corrected chi connectivity index (χ1v) is 9.13. The molecule has 6 nitrogen and oxygen atoms in total. The Morgan fingerprint density at radius 2 is 2.00 bits per heavy atom. The second-order valence-corrected chi connectivity index (χ2v) is 7.16. The Balaban J connectivity index is 1.48. The van der Waals surface area contributed by atoms with Crippen molar-refractivity contribution in [1.29, 1.82) is 0 Å². The number of H-pyrrole nitrogens is 1. The number of Topliss-reactive ketones (excluding diaryl/α,β-unsaturated/α-hetero) is 1. The summed E-state index contributed by atoms with van der Waals surface area (Å²) in [5.41, 5.74) is 5.24. The van der Waals surface area contributed by atoms with Crippen LogP contribution in [0.1, 0.15) is 41.4 Å². The van der Waals surface area contributed by atoms with Crippen LogP contribution in [0.3, 0.4) is 0 Å². The fraction of sp³-hybridized carbons (Fsp3) is 0.286. The second-order valence-electron chi connectivity index (χ2n) is 7.16. The normalized spacial score (nSPS) is 13.6. The van der Waals surface area contributed by atoms with Crippen LogP contribution in [-0.2, 0) is 11.3 Å². The predicted octanol–water partition coefficient (Wildman–Crippen LogP) is 4.03. The lowest BCUT2D eigenvalue weighted by molar-refractivity contribution is -0.117. The molecule has 1 aliphatic carbocycles. The Bertz CT molecular complexity index is 1030. The van der Waals surface area contributed by atoms with Crippen molar-refractivity contribution in [1.82, 2.24) is 9.97 Å². The number of anilines is 2. The molecule has 0 unspecified atom stereocenters. The summed E-state index contributed by atoms with van der Waals surface area (Å²) >= 11 is 0. The number of benzene rings is 1. The van der Waals surface area contributed by atoms with Crippen LogP contribution in [-0.4, -0.2) is 21.7 Å². The van der Waals surface area contributed by atoms with Gasteiger partial charge in [-0.3, -0.25) is 9.59 Å². The zero-order valence-electron chi connectivity index (χ0n) is 15.4. The lowest BCUT2D eigenvalue weighted by atomic mass is 10.1. The summed E-state index contributed by atoms with van der Waals surface area (Å²) in [6.45, 7) is 4.20. The average molecular weight is 362 g/mol. The summed E-state index contributed by atoms with van der Waals surface area (Å²) in [6, 6.07) is 9.76. The molecule has 1 fully saturated rings. The third-order valence-corrected chi connectivity index (χ3v) is 4.90. The summed E-state index contributed by atoms with van der Waals surface area (Å²) in [7, 11) is 0. The van der Waals surface area contributed by atoms with E-state index in [2.05, 4.69) is 27.5 Å². The minimum absolute atomic E-state index is 0.0109. The minimum Gasteiger partial charge on any atom is -0.380 e. The Hall–Kier alpha value is -3.15. The molecule has 6 heteroatoms. The monoisotopic (exact) mass is 362 g/mol. The first-order valence-electron chi connectivity index (χ1n) is 9.13. The zero-order valence-corrected chi connectivity index (χ0v) is 15.4. The molecule has 1 saturated carbocycles. The van der Waals surface area contributed by atoms with E-state index in [4.69, 9.17) is 0 Å². The van der Waals surface area contributed by atoms with Crippen molar-refractivity contribution in [2.24, 2.45) is 5.92 Å². The van der Waals surface area contributed by atoms with E-state index in [9.17, 15) is 9.59 Å². The highest BCUT2D eigenvalue weighted by atomic mass is 16.2. The molecule has 2 aromatic heterocycles. The summed E-state index contributed by atoms with van der Waals surface area (Å²) in [5.74, 6) is 0.288. The number of aromatic nitrogens is 2. The van der Waals surface area contributed by atoms with E-state index >= 15 is 0 Å². The fourth-order valence-corrected chi connectivity index (χ4v) is 3.03. The van der Waals surface area contributed by atoms with Crippen molar-refractivity contribution in [2.45, 2.75) is 33.2 Å². The molecule has 1 aliphatic rings. The maximum atomic E-state index is 12.0. The van der Waals surface area contributed by atoms with Gasteiger partial charge in [0.25, 0.3) is 0 Å². The van der Waals surface area contributed by atoms with Gasteiger partial charge in [-0.15, -0.1) is 0 Å². The number of fused-ring (bicyclic) bond motifs is 1. The second kappa shape index (κ2) is 6.87. The summed E-state index contributed by atoms with van der Waals surface area (Å²) in [6.07, 6.45) is 3.73. The van der Waals surface area contributed by atoms with Crippen molar-refractivity contribution < 1.29 is 9.59 Å². The number of nitrogens with zero attached hydrogens (tertiary/aromatic N) is 1. The van der Waals surface area contributed by atoms with Crippen LogP contribution in [0.5, 0.6) is 0 Å². The molecule has 1 aromatic carbocycles. The van der Waals surface area contributed by atoms with E-state index in [1.807, 2.05) is 30.3 Å². The lowest BCUT2D eigenvalue weighted by Crippen LogP contribution is -2.13. The molecular formula is C21H22N4O2. The Kier molecular flexibility index (Phi) is 4.39. The largest absolute Gasteiger partial charge is 0.380 e. The van der Waals surface area contributed by atoms with Crippen molar-refractivity contribution in [3.05, 3.63) is 53.3 Å². The predicted molar refractivity (Wildman–Crippen MR) is 106 cm³/mol. The number of amides is 1. The van der Waals surface area contributed by atoms with Gasteiger partial charge in [0.2, 0.25) is 5.91 Å². The zero-order chi connectivity index (χ0) is 19.0. The summed E-state index contributed by atoms with van der Waals surface area (Å²) in [4.78, 5) is 30.9. The Morgan fingerprint density at radius 3 is 2.74 bits per heavy atom. The molecule has 0 atom stereocenters. The van der Waals surface area contributed by atoms with Gasteiger partial charge in [-0.05, 0) is 55.2 Å². The highest BCUT2D eigenvalue weighted by Crippen LogP contribution is 2.30. The number of aromatic amines is 1. The summed E-state index contributed by atoms with van der Waals surface area (Å²) < 4.78 is 0. The van der Waals surface area contributed by atoms with Gasteiger partial charge in [0.15, 0.2) is 5.78 Å². The van der Waals surface area contributed by atoms with Crippen LogP contribution in [0, 0.1) is 12.8 Å². The van der Waals surface area contributed by atoms with E-state index in [0.29, 0.717) is 17.9 Å². The number of carbonyl (C=O) groups excluding carboxylic acids is 2. The number of nitrogens with one attached hydrogen (secondary N) is 3. The molecule has 0 radical (unpaired) electrons. The number of aryl methyl sites for hydroxylation is 1. The average Bonchev–Trinajstić information content (AvgIpc) is 3.41. The van der Waals surface area contributed by atoms with Crippen LogP contribution in [0.4, 0.5) is 11.4 Å². The molecule has 0 bridgehead atoms. The van der Waals surface area contributed by atoms with Gasteiger partial charge in [-0.1, -0.05) is 6.07 Å². The van der Waals surface area contributed by atoms with Gasteiger partial charge < -0.3 is 15.6 Å². The first kappa shape index (κ1) is 17.3. The van der Waals surface area contributed by atoms with Gasteiger partial charge in [0.1, 0.15) is 5.65 Å². The Labute approximate surface area is 157 Å². The van der Waals surface area contributed by atoms with Gasteiger partial charge in [0, 0.05) is 30.5 Å². The number of ketones is 1. The van der Waals surface area contributed by atoms with Crippen LogP contribution in [0.2, 0.25) is 0 Å². The fourth-order valence-electron chi connectivity index (χ4n) is 3.03. The molecule has 138 valence electrons. The minimum atomic E-state index is -0.0109. The van der Waals surface area contributed by atoms with Crippen LogP contribution < -0.4 is 10.6 Å². The highest BCUT2D eigenvalue weighted by Gasteiger charge is 2.29. The van der Waals surface area contributed by atoms with Crippen LogP contribution in [0.25, 0.3) is 11.0 Å².